The van der Waals surface area contributed by atoms with Crippen molar-refractivity contribution in [3.8, 4) is 0 Å². The molecule has 0 spiro atoms. The average Bonchev–Trinajstić information content (AvgIpc) is 2.90. The zero-order valence-corrected chi connectivity index (χ0v) is 19.7. The summed E-state index contributed by atoms with van der Waals surface area (Å²) in [5, 5.41) is 14.8. The normalized spacial score (nSPS) is 16.1. The van der Waals surface area contributed by atoms with Crippen LogP contribution in [0.2, 0.25) is 0 Å². The van der Waals surface area contributed by atoms with Crippen molar-refractivity contribution in [1.82, 2.24) is 15.6 Å². The summed E-state index contributed by atoms with van der Waals surface area (Å²) < 4.78 is 0. The van der Waals surface area contributed by atoms with Crippen LogP contribution in [0, 0.1) is 5.41 Å². The first-order valence-electron chi connectivity index (χ1n) is 11.6. The molecule has 0 amide bonds. The summed E-state index contributed by atoms with van der Waals surface area (Å²) in [6.07, 6.45) is 3.58. The van der Waals surface area contributed by atoms with Crippen molar-refractivity contribution >= 4 is 29.2 Å². The second-order valence-electron chi connectivity index (χ2n) is 8.57. The first-order valence-corrected chi connectivity index (χ1v) is 11.6. The molecule has 1 saturated heterocycles. The number of nitrogens with one attached hydrogen (secondary N) is 4. The molecule has 1 fully saturated rings. The van der Waals surface area contributed by atoms with E-state index in [0.717, 1.165) is 30.8 Å². The molecule has 1 aliphatic heterocycles. The summed E-state index contributed by atoms with van der Waals surface area (Å²) in [5.41, 5.74) is 20.1. The standard InChI is InChI=1S/C26H33N9/c27-14-19(11-21-13-24(28)33-26(34-30)25(21)29)16-31-15-18-5-4-8-22(12-18)35-10-9-32-23(17-35)20-6-2-1-3-7-20/h1-8,12-14,16,23,27,31-32H,9-11,15,17,29-30H2,(H3,28,33,34)/b19-16-,27-14?. The number of hydrazine groups is 1. The monoisotopic (exact) mass is 471 g/mol. The maximum atomic E-state index is 7.80. The average molecular weight is 472 g/mol. The van der Waals surface area contributed by atoms with E-state index in [0.29, 0.717) is 36.3 Å². The van der Waals surface area contributed by atoms with Gasteiger partial charge in [0.2, 0.25) is 0 Å². The maximum Gasteiger partial charge on any atom is 0.165 e. The van der Waals surface area contributed by atoms with Crippen LogP contribution in [0.15, 0.2) is 72.4 Å². The van der Waals surface area contributed by atoms with Gasteiger partial charge in [-0.3, -0.25) is 0 Å². The molecule has 1 aliphatic rings. The second-order valence-corrected chi connectivity index (χ2v) is 8.57. The maximum absolute atomic E-state index is 7.80. The molecule has 2 aromatic carbocycles. The fourth-order valence-corrected chi connectivity index (χ4v) is 4.31. The van der Waals surface area contributed by atoms with E-state index >= 15 is 0 Å². The van der Waals surface area contributed by atoms with Crippen LogP contribution in [-0.4, -0.2) is 30.8 Å². The van der Waals surface area contributed by atoms with Gasteiger partial charge in [0.05, 0.1) is 5.69 Å². The number of anilines is 4. The van der Waals surface area contributed by atoms with Crippen molar-refractivity contribution in [2.75, 3.05) is 41.4 Å². The van der Waals surface area contributed by atoms with Crippen LogP contribution in [0.5, 0.6) is 0 Å². The topological polar surface area (TPSA) is 154 Å². The van der Waals surface area contributed by atoms with Crippen LogP contribution in [0.4, 0.5) is 23.0 Å². The Hall–Kier alpha value is -4.08. The van der Waals surface area contributed by atoms with Gasteiger partial charge in [0.1, 0.15) is 5.82 Å². The molecule has 0 saturated carbocycles. The van der Waals surface area contributed by atoms with Gasteiger partial charge in [-0.2, -0.15) is 0 Å². The highest BCUT2D eigenvalue weighted by Crippen LogP contribution is 2.25. The SMILES string of the molecule is N=C/C(=C\NCc1cccc(N2CCNC(c3ccccc3)C2)c1)Cc1cc(N)nc(NN)c1N. The highest BCUT2D eigenvalue weighted by Gasteiger charge is 2.20. The third-order valence-corrected chi connectivity index (χ3v) is 6.13. The first-order chi connectivity index (χ1) is 17.1. The Labute approximate surface area is 205 Å². The Morgan fingerprint density at radius 3 is 2.74 bits per heavy atom. The molecule has 1 unspecified atom stereocenters. The number of aromatic nitrogens is 1. The third kappa shape index (κ3) is 6.08. The highest BCUT2D eigenvalue weighted by molar-refractivity contribution is 5.78. The minimum absolute atomic E-state index is 0.314. The van der Waals surface area contributed by atoms with Gasteiger partial charge in [0.25, 0.3) is 0 Å². The molecule has 182 valence electrons. The van der Waals surface area contributed by atoms with Gasteiger partial charge < -0.3 is 37.8 Å². The van der Waals surface area contributed by atoms with Gasteiger partial charge in [-0.1, -0.05) is 42.5 Å². The molecule has 9 nitrogen and oxygen atoms in total. The lowest BCUT2D eigenvalue weighted by Gasteiger charge is -2.35. The van der Waals surface area contributed by atoms with E-state index in [4.69, 9.17) is 22.7 Å². The van der Waals surface area contributed by atoms with E-state index in [1.807, 2.05) is 6.20 Å². The van der Waals surface area contributed by atoms with Crippen LogP contribution < -0.4 is 38.3 Å². The van der Waals surface area contributed by atoms with E-state index in [-0.39, 0.29) is 0 Å². The number of nitrogen functional groups attached to an aromatic ring is 3. The number of piperazine rings is 1. The number of hydrogen-bond donors (Lipinski definition) is 7. The van der Waals surface area contributed by atoms with Crippen molar-refractivity contribution in [2.45, 2.75) is 19.0 Å². The lowest BCUT2D eigenvalue weighted by Crippen LogP contribution is -2.45. The predicted molar refractivity (Wildman–Crippen MR) is 144 cm³/mol. The number of rotatable bonds is 9. The number of nitrogens with zero attached hydrogens (tertiary/aromatic N) is 2. The van der Waals surface area contributed by atoms with Crippen molar-refractivity contribution in [3.63, 3.8) is 0 Å². The summed E-state index contributed by atoms with van der Waals surface area (Å²) in [4.78, 5) is 6.50. The smallest absolute Gasteiger partial charge is 0.165 e. The molecular formula is C26H33N9. The molecule has 1 aromatic heterocycles. The fraction of sp³-hybridized carbons (Fsp3) is 0.231. The molecule has 0 bridgehead atoms. The van der Waals surface area contributed by atoms with Gasteiger partial charge in [-0.05, 0) is 40.5 Å². The zero-order valence-electron chi connectivity index (χ0n) is 19.7. The first kappa shape index (κ1) is 24.1. The van der Waals surface area contributed by atoms with Crippen LogP contribution in [0.1, 0.15) is 22.7 Å². The Morgan fingerprint density at radius 1 is 1.14 bits per heavy atom. The number of allylic oxidation sites excluding steroid dienone is 1. The van der Waals surface area contributed by atoms with E-state index in [9.17, 15) is 0 Å². The molecule has 3 aromatic rings. The van der Waals surface area contributed by atoms with Crippen LogP contribution >= 0.6 is 0 Å². The molecule has 0 radical (unpaired) electrons. The van der Waals surface area contributed by atoms with E-state index in [1.165, 1.54) is 23.0 Å². The number of nitrogens with two attached hydrogens (primary N) is 3. The summed E-state index contributed by atoms with van der Waals surface area (Å²) in [6.45, 7) is 3.48. The van der Waals surface area contributed by atoms with Crippen molar-refractivity contribution in [3.05, 3.63) is 89.1 Å². The number of hydrogen-bond acceptors (Lipinski definition) is 9. The third-order valence-electron chi connectivity index (χ3n) is 6.13. The number of pyridine rings is 1. The predicted octanol–water partition coefficient (Wildman–Crippen LogP) is 2.55. The Bertz CT molecular complexity index is 1180. The van der Waals surface area contributed by atoms with Gasteiger partial charge in [0.15, 0.2) is 5.82 Å². The quantitative estimate of drug-likeness (QED) is 0.143. The van der Waals surface area contributed by atoms with E-state index in [1.54, 1.807) is 6.07 Å². The van der Waals surface area contributed by atoms with E-state index < -0.39 is 0 Å². The Balaban J connectivity index is 1.40. The molecule has 10 N–H and O–H groups in total. The second kappa shape index (κ2) is 11.4. The molecule has 35 heavy (non-hydrogen) atoms. The summed E-state index contributed by atoms with van der Waals surface area (Å²) in [5.74, 6) is 6.12. The highest BCUT2D eigenvalue weighted by atomic mass is 15.3. The van der Waals surface area contributed by atoms with Crippen molar-refractivity contribution in [1.29, 1.82) is 5.41 Å². The largest absolute Gasteiger partial charge is 0.395 e. The van der Waals surface area contributed by atoms with Crippen LogP contribution in [-0.2, 0) is 13.0 Å². The molecule has 9 heteroatoms. The summed E-state index contributed by atoms with van der Waals surface area (Å²) in [7, 11) is 0. The van der Waals surface area contributed by atoms with Gasteiger partial charge in [-0.15, -0.1) is 0 Å². The fourth-order valence-electron chi connectivity index (χ4n) is 4.31. The Kier molecular flexibility index (Phi) is 7.81. The van der Waals surface area contributed by atoms with E-state index in [2.05, 4.69) is 80.5 Å². The van der Waals surface area contributed by atoms with Crippen LogP contribution in [0.25, 0.3) is 0 Å². The molecule has 1 atom stereocenters. The number of benzene rings is 2. The van der Waals surface area contributed by atoms with Gasteiger partial charge in [-0.25, -0.2) is 10.8 Å². The van der Waals surface area contributed by atoms with Crippen molar-refractivity contribution in [2.24, 2.45) is 5.84 Å². The summed E-state index contributed by atoms with van der Waals surface area (Å²) in [6, 6.07) is 21.2. The minimum atomic E-state index is 0.314. The summed E-state index contributed by atoms with van der Waals surface area (Å²) >= 11 is 0. The van der Waals surface area contributed by atoms with Crippen LogP contribution in [0.3, 0.4) is 0 Å². The molecule has 0 aliphatic carbocycles. The molecular weight excluding hydrogens is 438 g/mol. The molecule has 4 rings (SSSR count). The van der Waals surface area contributed by atoms with Crippen molar-refractivity contribution < 1.29 is 0 Å². The Morgan fingerprint density at radius 2 is 1.97 bits per heavy atom. The lowest BCUT2D eigenvalue weighted by atomic mass is 10.0. The minimum Gasteiger partial charge on any atom is -0.395 e. The zero-order chi connectivity index (χ0) is 24.6. The lowest BCUT2D eigenvalue weighted by molar-refractivity contribution is 0.472. The van der Waals surface area contributed by atoms with Gasteiger partial charge >= 0.3 is 0 Å². The molecule has 2 heterocycles. The van der Waals surface area contributed by atoms with Gasteiger partial charge in [0, 0.05) is 56.7 Å².